The number of hydrogen-bond donors (Lipinski definition) is 0. The zero-order valence-electron chi connectivity index (χ0n) is 1.80. The fourth-order valence-corrected chi connectivity index (χ4v) is 0. The van der Waals surface area contributed by atoms with Gasteiger partial charge in [0.1, 0.15) is 0 Å². The second-order valence-corrected chi connectivity index (χ2v) is 1.77. The van der Waals surface area contributed by atoms with E-state index in [0.29, 0.717) is 12.9 Å². The Hall–Kier alpha value is 2.35. The molecule has 0 spiro atoms. The first-order chi connectivity index (χ1) is 1.41. The van der Waals surface area contributed by atoms with E-state index < -0.39 is 0 Å². The van der Waals surface area contributed by atoms with Crippen LogP contribution in [0.25, 0.3) is 0 Å². The fraction of sp³-hybridized carbons (Fsp3) is 0. The van der Waals surface area contributed by atoms with Crippen molar-refractivity contribution >= 4 is 58.0 Å². The summed E-state index contributed by atoms with van der Waals surface area (Å²) < 4.78 is 0. The predicted molar refractivity (Wildman–Crippen MR) is 17.5 cm³/mol. The predicted octanol–water partition coefficient (Wildman–Crippen LogP) is 0.996. The van der Waals surface area contributed by atoms with Gasteiger partial charge in [-0.25, -0.2) is 0 Å². The molecule has 0 aliphatic heterocycles. The molecule has 0 aromatic heterocycles. The van der Waals surface area contributed by atoms with Gasteiger partial charge < -0.3 is 0 Å². The van der Waals surface area contributed by atoms with E-state index in [0.717, 1.165) is 0 Å². The van der Waals surface area contributed by atoms with Gasteiger partial charge in [0.2, 0.25) is 0 Å². The summed E-state index contributed by atoms with van der Waals surface area (Å²) in [7, 11) is 9.47. The summed E-state index contributed by atoms with van der Waals surface area (Å²) in [5.74, 6) is 0. The van der Waals surface area contributed by atoms with Gasteiger partial charge in [-0.2, -0.15) is 0 Å². The first-order valence-corrected chi connectivity index (χ1v) is 3.12. The first-order valence-electron chi connectivity index (χ1n) is 0.252. The van der Waals surface area contributed by atoms with Gasteiger partial charge in [0.15, 0.2) is 0 Å². The quantitative estimate of drug-likeness (QED) is 0.475. The number of rotatable bonds is 0. The van der Waals surface area contributed by atoms with Gasteiger partial charge in [0.25, 0.3) is 0 Å². The van der Waals surface area contributed by atoms with Gasteiger partial charge in [0, 0.05) is 37.7 Å². The van der Waals surface area contributed by atoms with Crippen molar-refractivity contribution in [2.24, 2.45) is 0 Å². The Kier molecular flexibility index (Phi) is 21.7. The molecule has 0 atom stereocenters. The molecule has 0 unspecified atom stereocenters. The minimum atomic E-state index is 0. The van der Waals surface area contributed by atoms with Gasteiger partial charge in [-0.15, -0.1) is 0 Å². The molecule has 0 nitrogen and oxygen atoms in total. The molecule has 0 heterocycles. The Morgan fingerprint density at radius 3 is 1.25 bits per heavy atom. The molecule has 0 aromatic rings. The Morgan fingerprint density at radius 1 is 1.25 bits per heavy atom. The van der Waals surface area contributed by atoms with Crippen LogP contribution in [0.4, 0.5) is 0 Å². The van der Waals surface area contributed by atoms with Gasteiger partial charge in [-0.1, -0.05) is 0 Å². The summed E-state index contributed by atoms with van der Waals surface area (Å²) in [6.45, 7) is 0. The van der Waals surface area contributed by atoms with E-state index >= 15 is 0 Å². The van der Waals surface area contributed by atoms with Crippen LogP contribution in [0.1, 0.15) is 0 Å². The van der Waals surface area contributed by atoms with Crippen molar-refractivity contribution in [2.75, 3.05) is 0 Å². The molecule has 0 rings (SSSR count). The van der Waals surface area contributed by atoms with Gasteiger partial charge >= 0.3 is 33.2 Å². The normalized spacial score (nSPS) is 5.50. The molecule has 0 aliphatic rings. The van der Waals surface area contributed by atoms with Gasteiger partial charge in [0.05, 0.1) is 0 Å². The van der Waals surface area contributed by atoms with Crippen LogP contribution in [0.15, 0.2) is 0 Å². The maximum atomic E-state index is 4.73. The Morgan fingerprint density at radius 2 is 1.25 bits per heavy atom. The topological polar surface area (TPSA) is 0 Å². The molecular weight excluding hydrogens is 170 g/mol. The van der Waals surface area contributed by atoms with E-state index in [-0.39, 0.29) is 37.7 Å². The minimum absolute atomic E-state index is 0. The fourth-order valence-electron chi connectivity index (χ4n) is 0. The average Bonchev–Trinajstić information content (AvgIpc) is 0.918. The van der Waals surface area contributed by atoms with E-state index in [4.69, 9.17) is 20.3 Å². The zero-order chi connectivity index (χ0) is 2.71. The van der Waals surface area contributed by atoms with Crippen molar-refractivity contribution in [1.82, 2.24) is 0 Å². The monoisotopic (exact) mass is 169 g/mol. The average molecular weight is 170 g/mol. The van der Waals surface area contributed by atoms with Crippen LogP contribution >= 0.6 is 20.3 Å². The van der Waals surface area contributed by atoms with Crippen LogP contribution in [0.2, 0.25) is 0 Å². The third-order valence-electron chi connectivity index (χ3n) is 0. The molecule has 0 saturated carbocycles. The van der Waals surface area contributed by atoms with Gasteiger partial charge in [-0.05, 0) is 0 Å². The third-order valence-corrected chi connectivity index (χ3v) is 0. The van der Waals surface area contributed by atoms with Crippen molar-refractivity contribution in [3.63, 3.8) is 0 Å². The van der Waals surface area contributed by atoms with Crippen molar-refractivity contribution in [1.29, 1.82) is 0 Å². The van der Waals surface area contributed by atoms with Crippen LogP contribution in [-0.4, -0.2) is 37.7 Å². The summed E-state index contributed by atoms with van der Waals surface area (Å²) >= 11 is 0.382. The first kappa shape index (κ1) is 9.60. The molecule has 25 valence electrons. The Bertz CT molecular complexity index is 6.00. The van der Waals surface area contributed by atoms with E-state index in [1.807, 2.05) is 0 Å². The number of hydrogen-bond acceptors (Lipinski definition) is 0. The van der Waals surface area contributed by atoms with E-state index in [1.54, 1.807) is 0 Å². The van der Waals surface area contributed by atoms with E-state index in [1.165, 1.54) is 0 Å². The second-order valence-electron chi connectivity index (χ2n) is 0.0476. The molecule has 0 aromatic carbocycles. The molecule has 0 saturated heterocycles. The van der Waals surface area contributed by atoms with Crippen molar-refractivity contribution < 1.29 is 12.9 Å². The Labute approximate surface area is 69.7 Å². The van der Waals surface area contributed by atoms with Crippen LogP contribution in [0, 0.1) is 0 Å². The zero-order valence-corrected chi connectivity index (χ0v) is 6.56. The summed E-state index contributed by atoms with van der Waals surface area (Å²) in [6, 6.07) is 0. The van der Waals surface area contributed by atoms with Crippen LogP contribution in [-0.2, 0) is 12.9 Å². The molecule has 4 heteroatoms. The summed E-state index contributed by atoms with van der Waals surface area (Å²) in [5.41, 5.74) is 0. The molecular formula is CaCl2Co. The molecule has 4 heavy (non-hydrogen) atoms. The molecule has 0 fully saturated rings. The molecule has 0 bridgehead atoms. The Balaban J connectivity index is 0. The maximum absolute atomic E-state index is 4.73. The third kappa shape index (κ3) is 8.84. The second kappa shape index (κ2) is 9.02. The summed E-state index contributed by atoms with van der Waals surface area (Å²) in [6.07, 6.45) is 0. The van der Waals surface area contributed by atoms with Crippen molar-refractivity contribution in [3.8, 4) is 0 Å². The van der Waals surface area contributed by atoms with Crippen molar-refractivity contribution in [2.45, 2.75) is 0 Å². The molecule has 2 radical (unpaired) electrons. The van der Waals surface area contributed by atoms with E-state index in [9.17, 15) is 0 Å². The van der Waals surface area contributed by atoms with Crippen LogP contribution in [0.3, 0.4) is 0 Å². The summed E-state index contributed by atoms with van der Waals surface area (Å²) in [5, 5.41) is 0. The standard InChI is InChI=1S/Ca.2ClH.Co/h;2*1H;/q;;;+2/p-2. The molecule has 0 N–H and O–H groups in total. The summed E-state index contributed by atoms with van der Waals surface area (Å²) in [4.78, 5) is 0. The van der Waals surface area contributed by atoms with Crippen LogP contribution in [0.5, 0.6) is 0 Å². The van der Waals surface area contributed by atoms with Crippen molar-refractivity contribution in [3.05, 3.63) is 0 Å². The number of halogens is 2. The van der Waals surface area contributed by atoms with Gasteiger partial charge in [-0.3, -0.25) is 0 Å². The van der Waals surface area contributed by atoms with E-state index in [2.05, 4.69) is 0 Å². The SMILES string of the molecule is [Ca].[Cl][Co][Cl]. The molecule has 0 aliphatic carbocycles. The molecule has 0 amide bonds. The van der Waals surface area contributed by atoms with Crippen LogP contribution < -0.4 is 0 Å².